The van der Waals surface area contributed by atoms with Crippen molar-refractivity contribution >= 4 is 29.0 Å². The molecule has 0 aliphatic heterocycles. The minimum absolute atomic E-state index is 0.318. The van der Waals surface area contributed by atoms with E-state index in [-0.39, 0.29) is 6.42 Å². The van der Waals surface area contributed by atoms with E-state index in [0.717, 1.165) is 16.8 Å². The Morgan fingerprint density at radius 3 is 2.00 bits per heavy atom. The third kappa shape index (κ3) is 5.00. The van der Waals surface area contributed by atoms with Crippen LogP contribution < -0.4 is 10.6 Å². The highest BCUT2D eigenvalue weighted by molar-refractivity contribution is 6.10. The van der Waals surface area contributed by atoms with Gasteiger partial charge in [-0.1, -0.05) is 36.4 Å². The number of aryl methyl sites for hydroxylation is 4. The average Bonchev–Trinajstić information content (AvgIpc) is 3.13. The molecule has 8 nitrogen and oxygen atoms in total. The summed E-state index contributed by atoms with van der Waals surface area (Å²) in [7, 11) is 0. The summed E-state index contributed by atoms with van der Waals surface area (Å²) in [4.78, 5) is 41.4. The van der Waals surface area contributed by atoms with E-state index in [1.807, 2.05) is 71.0 Å². The first-order valence-electron chi connectivity index (χ1n) is 13.0. The van der Waals surface area contributed by atoms with Crippen LogP contribution in [0.15, 0.2) is 48.5 Å². The van der Waals surface area contributed by atoms with Crippen LogP contribution in [0.1, 0.15) is 54.3 Å². The molecule has 4 atom stereocenters. The lowest BCUT2D eigenvalue weighted by Crippen LogP contribution is -2.56. The highest BCUT2D eigenvalue weighted by Crippen LogP contribution is 2.48. The van der Waals surface area contributed by atoms with Crippen molar-refractivity contribution in [2.75, 3.05) is 10.6 Å². The molecule has 0 unspecified atom stereocenters. The normalized spacial score (nSPS) is 23.2. The van der Waals surface area contributed by atoms with Gasteiger partial charge in [0.1, 0.15) is 11.7 Å². The number of nitrogens with one attached hydrogen (secondary N) is 2. The van der Waals surface area contributed by atoms with E-state index >= 15 is 0 Å². The fourth-order valence-corrected chi connectivity index (χ4v) is 5.79. The number of hydrogen-bond acceptors (Lipinski definition) is 5. The summed E-state index contributed by atoms with van der Waals surface area (Å²) < 4.78 is 1.80. The predicted octanol–water partition coefficient (Wildman–Crippen LogP) is 4.45. The molecule has 2 aromatic carbocycles. The highest BCUT2D eigenvalue weighted by Gasteiger charge is 2.57. The molecule has 0 spiro atoms. The first-order valence-corrected chi connectivity index (χ1v) is 13.0. The van der Waals surface area contributed by atoms with Crippen LogP contribution in [0.3, 0.4) is 0 Å². The average molecular weight is 517 g/mol. The molecule has 4 rings (SSSR count). The molecule has 1 heterocycles. The molecular formula is C30H36N4O4. The van der Waals surface area contributed by atoms with Crippen LogP contribution in [0.4, 0.5) is 11.4 Å². The molecule has 200 valence electrons. The number of anilines is 2. The van der Waals surface area contributed by atoms with Crippen molar-refractivity contribution in [2.45, 2.75) is 66.0 Å². The second-order valence-corrected chi connectivity index (χ2v) is 10.5. The SMILES string of the molecule is CCn1nc(C)c([C@@H]2[C@H](C(=O)Nc3ccccc3C)C(=O)C[C@](C)(O)[C@@H]2C(=O)Nc2ccccc2C)c1C. The molecule has 1 fully saturated rings. The van der Waals surface area contributed by atoms with Gasteiger partial charge in [0.05, 0.1) is 17.2 Å². The molecule has 1 saturated carbocycles. The van der Waals surface area contributed by atoms with Gasteiger partial charge in [-0.05, 0) is 64.8 Å². The summed E-state index contributed by atoms with van der Waals surface area (Å²) in [5.74, 6) is -4.54. The molecule has 38 heavy (non-hydrogen) atoms. The van der Waals surface area contributed by atoms with Crippen LogP contribution >= 0.6 is 0 Å². The van der Waals surface area contributed by atoms with Crippen LogP contribution in [-0.2, 0) is 20.9 Å². The predicted molar refractivity (Wildman–Crippen MR) is 147 cm³/mol. The number of carbonyl (C=O) groups excluding carboxylic acids is 3. The van der Waals surface area contributed by atoms with Crippen molar-refractivity contribution in [1.29, 1.82) is 0 Å². The molecule has 3 N–H and O–H groups in total. The Bertz CT molecular complexity index is 1390. The Labute approximate surface area is 223 Å². The third-order valence-corrected chi connectivity index (χ3v) is 7.71. The van der Waals surface area contributed by atoms with Gasteiger partial charge in [-0.3, -0.25) is 19.1 Å². The van der Waals surface area contributed by atoms with Crippen molar-refractivity contribution in [3.8, 4) is 0 Å². The van der Waals surface area contributed by atoms with Gasteiger partial charge < -0.3 is 15.7 Å². The zero-order valence-electron chi connectivity index (χ0n) is 22.8. The summed E-state index contributed by atoms with van der Waals surface area (Å²) in [5, 5.41) is 22.1. The Balaban J connectivity index is 1.85. The number of ketones is 1. The smallest absolute Gasteiger partial charge is 0.235 e. The number of para-hydroxylation sites is 2. The van der Waals surface area contributed by atoms with Gasteiger partial charge in [0.15, 0.2) is 0 Å². The Morgan fingerprint density at radius 2 is 1.50 bits per heavy atom. The second-order valence-electron chi connectivity index (χ2n) is 10.5. The summed E-state index contributed by atoms with van der Waals surface area (Å²) in [6.45, 7) is 11.5. The number of aliphatic hydroxyl groups is 1. The maximum atomic E-state index is 14.0. The van der Waals surface area contributed by atoms with Crippen molar-refractivity contribution in [3.63, 3.8) is 0 Å². The third-order valence-electron chi connectivity index (χ3n) is 7.71. The monoisotopic (exact) mass is 516 g/mol. The van der Waals surface area contributed by atoms with Gasteiger partial charge >= 0.3 is 0 Å². The largest absolute Gasteiger partial charge is 0.389 e. The zero-order valence-corrected chi connectivity index (χ0v) is 22.8. The summed E-state index contributed by atoms with van der Waals surface area (Å²) in [5.41, 5.74) is 3.29. The number of amides is 2. The fourth-order valence-electron chi connectivity index (χ4n) is 5.79. The Morgan fingerprint density at radius 1 is 0.974 bits per heavy atom. The van der Waals surface area contributed by atoms with Gasteiger partial charge in [0, 0.05) is 41.5 Å². The number of nitrogens with zero attached hydrogens (tertiary/aromatic N) is 2. The Hall–Kier alpha value is -3.78. The van der Waals surface area contributed by atoms with E-state index in [0.29, 0.717) is 29.2 Å². The maximum Gasteiger partial charge on any atom is 0.235 e. The van der Waals surface area contributed by atoms with Gasteiger partial charge in [0.25, 0.3) is 0 Å². The van der Waals surface area contributed by atoms with E-state index in [2.05, 4.69) is 15.7 Å². The maximum absolute atomic E-state index is 14.0. The standard InChI is InChI=1S/C30H36N4O4/c1-7-34-20(5)24(19(4)33-34)26-25(28(36)31-21-14-10-8-12-17(21)2)23(35)16-30(6,38)27(26)29(37)32-22-15-11-9-13-18(22)3/h8-15,25-27,38H,7,16H2,1-6H3,(H,31,36)(H,32,37)/t25-,26-,27+,30+/m1/s1. The quantitative estimate of drug-likeness (QED) is 0.419. The van der Waals surface area contributed by atoms with Gasteiger partial charge in [-0.2, -0.15) is 5.10 Å². The molecule has 1 aromatic heterocycles. The van der Waals surface area contributed by atoms with E-state index in [9.17, 15) is 19.5 Å². The molecule has 0 bridgehead atoms. The van der Waals surface area contributed by atoms with E-state index < -0.39 is 41.0 Å². The van der Waals surface area contributed by atoms with Gasteiger partial charge in [-0.25, -0.2) is 0 Å². The van der Waals surface area contributed by atoms with Gasteiger partial charge in [-0.15, -0.1) is 0 Å². The first-order chi connectivity index (χ1) is 18.0. The summed E-state index contributed by atoms with van der Waals surface area (Å²) >= 11 is 0. The van der Waals surface area contributed by atoms with Crippen LogP contribution in [0.5, 0.6) is 0 Å². The number of hydrogen-bond donors (Lipinski definition) is 3. The van der Waals surface area contributed by atoms with E-state index in [4.69, 9.17) is 0 Å². The molecule has 0 saturated heterocycles. The summed E-state index contributed by atoms with van der Waals surface area (Å²) in [6, 6.07) is 14.7. The molecule has 8 heteroatoms. The highest BCUT2D eigenvalue weighted by atomic mass is 16.3. The van der Waals surface area contributed by atoms with Gasteiger partial charge in [0.2, 0.25) is 11.8 Å². The lowest BCUT2D eigenvalue weighted by atomic mass is 9.60. The number of carbonyl (C=O) groups is 3. The first kappa shape index (κ1) is 27.3. The van der Waals surface area contributed by atoms with Crippen molar-refractivity contribution < 1.29 is 19.5 Å². The Kier molecular flexibility index (Phi) is 7.56. The number of benzene rings is 2. The van der Waals surface area contributed by atoms with Crippen LogP contribution in [0.25, 0.3) is 0 Å². The number of rotatable bonds is 6. The molecule has 1 aliphatic carbocycles. The molecule has 1 aliphatic rings. The van der Waals surface area contributed by atoms with E-state index in [1.54, 1.807) is 16.8 Å². The van der Waals surface area contributed by atoms with E-state index in [1.165, 1.54) is 6.92 Å². The van der Waals surface area contributed by atoms with Crippen molar-refractivity contribution in [2.24, 2.45) is 11.8 Å². The fraction of sp³-hybridized carbons (Fsp3) is 0.400. The molecule has 2 amide bonds. The molecular weight excluding hydrogens is 480 g/mol. The van der Waals surface area contributed by atoms with Crippen molar-refractivity contribution in [3.05, 3.63) is 76.6 Å². The zero-order chi connectivity index (χ0) is 27.8. The summed E-state index contributed by atoms with van der Waals surface area (Å²) in [6.07, 6.45) is -0.318. The van der Waals surface area contributed by atoms with Crippen LogP contribution in [0.2, 0.25) is 0 Å². The lowest BCUT2D eigenvalue weighted by Gasteiger charge is -2.44. The molecule has 0 radical (unpaired) electrons. The minimum atomic E-state index is -1.68. The number of aromatic nitrogens is 2. The van der Waals surface area contributed by atoms with Crippen molar-refractivity contribution in [1.82, 2.24) is 9.78 Å². The van der Waals surface area contributed by atoms with Crippen LogP contribution in [0, 0.1) is 39.5 Å². The number of Topliss-reactive ketones (excluding diaryl/α,β-unsaturated/α-hetero) is 1. The minimum Gasteiger partial charge on any atom is -0.389 e. The topological polar surface area (TPSA) is 113 Å². The molecule has 3 aromatic rings. The lowest BCUT2D eigenvalue weighted by molar-refractivity contribution is -0.150. The second kappa shape index (κ2) is 10.5. The van der Waals surface area contributed by atoms with Crippen LogP contribution in [-0.4, -0.2) is 38.1 Å².